The molecular weight excluding hydrogens is 484 g/mol. The van der Waals surface area contributed by atoms with E-state index in [9.17, 15) is 4.79 Å². The predicted octanol–water partition coefficient (Wildman–Crippen LogP) is 5.15. The van der Waals surface area contributed by atoms with E-state index in [1.165, 1.54) is 11.8 Å². The first-order valence-corrected chi connectivity index (χ1v) is 12.5. The van der Waals surface area contributed by atoms with Crippen molar-refractivity contribution in [2.45, 2.75) is 24.7 Å². The van der Waals surface area contributed by atoms with Crippen molar-refractivity contribution in [3.63, 3.8) is 0 Å². The van der Waals surface area contributed by atoms with E-state index in [1.807, 2.05) is 78.2 Å². The summed E-state index contributed by atoms with van der Waals surface area (Å²) in [6.07, 6.45) is 0. The molecular formula is C26H23ClN4O3S. The largest absolute Gasteiger partial charge is 0.491 e. The zero-order valence-corrected chi connectivity index (χ0v) is 20.6. The van der Waals surface area contributed by atoms with Crippen LogP contribution in [-0.4, -0.2) is 33.0 Å². The van der Waals surface area contributed by atoms with Crippen LogP contribution in [0.5, 0.6) is 11.5 Å². The molecule has 0 saturated heterocycles. The third-order valence-corrected chi connectivity index (χ3v) is 6.75. The van der Waals surface area contributed by atoms with Crippen molar-refractivity contribution in [2.75, 3.05) is 12.4 Å². The highest BCUT2D eigenvalue weighted by Gasteiger charge is 2.26. The molecule has 5 rings (SSSR count). The number of benzene rings is 3. The number of aromatic nitrogens is 3. The highest BCUT2D eigenvalue weighted by Crippen LogP contribution is 2.34. The Balaban J connectivity index is 1.29. The Kier molecular flexibility index (Phi) is 6.92. The van der Waals surface area contributed by atoms with Crippen molar-refractivity contribution >= 4 is 29.3 Å². The molecule has 1 N–H and O–H groups in total. The maximum atomic E-state index is 12.8. The van der Waals surface area contributed by atoms with Crippen molar-refractivity contribution in [2.24, 2.45) is 0 Å². The highest BCUT2D eigenvalue weighted by molar-refractivity contribution is 7.99. The SMILES string of the molecule is Cc1ccccc1OCc1nnc(SCC(=O)N[C@@H]2COc3ccc(Cl)cc32)n1-c1ccccc1. The third-order valence-electron chi connectivity index (χ3n) is 5.59. The van der Waals surface area contributed by atoms with Gasteiger partial charge in [-0.25, -0.2) is 0 Å². The van der Waals surface area contributed by atoms with Crippen molar-refractivity contribution in [1.82, 2.24) is 20.1 Å². The molecule has 0 unspecified atom stereocenters. The standard InChI is InChI=1S/C26H23ClN4O3S/c1-17-7-5-6-10-22(17)34-15-24-29-30-26(31(24)19-8-3-2-4-9-19)35-16-25(32)28-21-14-33-23-12-11-18(27)13-20(21)23/h2-13,21H,14-16H2,1H3,(H,28,32)/t21-/m1/s1. The number of halogens is 1. The summed E-state index contributed by atoms with van der Waals surface area (Å²) in [6, 6.07) is 22.8. The molecule has 1 aliphatic heterocycles. The first-order valence-electron chi connectivity index (χ1n) is 11.1. The number of carbonyl (C=O) groups is 1. The van der Waals surface area contributed by atoms with Gasteiger partial charge in [-0.15, -0.1) is 10.2 Å². The fraction of sp³-hybridized carbons (Fsp3) is 0.192. The second kappa shape index (κ2) is 10.4. The molecule has 0 fully saturated rings. The van der Waals surface area contributed by atoms with Crippen LogP contribution in [0.4, 0.5) is 0 Å². The zero-order valence-electron chi connectivity index (χ0n) is 19.0. The number of ether oxygens (including phenoxy) is 2. The molecule has 1 aliphatic rings. The smallest absolute Gasteiger partial charge is 0.231 e. The number of aryl methyl sites for hydroxylation is 1. The number of nitrogens with zero attached hydrogens (tertiary/aromatic N) is 3. The molecule has 0 saturated carbocycles. The van der Waals surface area contributed by atoms with Crippen LogP contribution < -0.4 is 14.8 Å². The van der Waals surface area contributed by atoms with E-state index in [-0.39, 0.29) is 24.3 Å². The fourth-order valence-corrected chi connectivity index (χ4v) is 4.82. The zero-order chi connectivity index (χ0) is 24.2. The van der Waals surface area contributed by atoms with Gasteiger partial charge in [-0.1, -0.05) is 59.8 Å². The van der Waals surface area contributed by atoms with Crippen LogP contribution in [0.25, 0.3) is 5.69 Å². The number of hydrogen-bond acceptors (Lipinski definition) is 6. The molecule has 0 radical (unpaired) electrons. The first kappa shape index (κ1) is 23.3. The molecule has 9 heteroatoms. The number of amides is 1. The summed E-state index contributed by atoms with van der Waals surface area (Å²) in [5.74, 6) is 2.24. The number of carbonyl (C=O) groups excluding carboxylic acids is 1. The maximum Gasteiger partial charge on any atom is 0.231 e. The average molecular weight is 507 g/mol. The van der Waals surface area contributed by atoms with Gasteiger partial charge in [0.2, 0.25) is 5.91 Å². The van der Waals surface area contributed by atoms with Gasteiger partial charge in [-0.3, -0.25) is 9.36 Å². The van der Waals surface area contributed by atoms with E-state index in [0.717, 1.165) is 28.3 Å². The molecule has 35 heavy (non-hydrogen) atoms. The maximum absolute atomic E-state index is 12.8. The monoisotopic (exact) mass is 506 g/mol. The molecule has 3 aromatic carbocycles. The van der Waals surface area contributed by atoms with Crippen molar-refractivity contribution in [3.8, 4) is 17.2 Å². The minimum absolute atomic E-state index is 0.128. The van der Waals surface area contributed by atoms with Gasteiger partial charge in [0.25, 0.3) is 0 Å². The summed E-state index contributed by atoms with van der Waals surface area (Å²) in [6.45, 7) is 2.63. The van der Waals surface area contributed by atoms with Gasteiger partial charge in [0, 0.05) is 16.3 Å². The van der Waals surface area contributed by atoms with Crippen LogP contribution in [-0.2, 0) is 11.4 Å². The quantitative estimate of drug-likeness (QED) is 0.333. The molecule has 1 amide bonds. The molecule has 1 aromatic heterocycles. The number of fused-ring (bicyclic) bond motifs is 1. The number of thioether (sulfide) groups is 1. The third kappa shape index (κ3) is 5.28. The van der Waals surface area contributed by atoms with Crippen LogP contribution in [0.3, 0.4) is 0 Å². The van der Waals surface area contributed by atoms with E-state index in [0.29, 0.717) is 22.6 Å². The summed E-state index contributed by atoms with van der Waals surface area (Å²) in [5.41, 5.74) is 2.83. The van der Waals surface area contributed by atoms with Crippen molar-refractivity contribution < 1.29 is 14.3 Å². The topological polar surface area (TPSA) is 78.3 Å². The van der Waals surface area contributed by atoms with Gasteiger partial charge >= 0.3 is 0 Å². The fourth-order valence-electron chi connectivity index (χ4n) is 3.86. The van der Waals surface area contributed by atoms with E-state index >= 15 is 0 Å². The van der Waals surface area contributed by atoms with Crippen LogP contribution in [0.2, 0.25) is 5.02 Å². The second-order valence-corrected chi connectivity index (χ2v) is 9.40. The van der Waals surface area contributed by atoms with E-state index in [1.54, 1.807) is 6.07 Å². The van der Waals surface area contributed by atoms with Crippen LogP contribution in [0.1, 0.15) is 23.0 Å². The summed E-state index contributed by atoms with van der Waals surface area (Å²) in [7, 11) is 0. The number of nitrogens with one attached hydrogen (secondary N) is 1. The lowest BCUT2D eigenvalue weighted by molar-refractivity contribution is -0.119. The molecule has 7 nitrogen and oxygen atoms in total. The van der Waals surface area contributed by atoms with E-state index in [2.05, 4.69) is 15.5 Å². The number of hydrogen-bond donors (Lipinski definition) is 1. The lowest BCUT2D eigenvalue weighted by atomic mass is 10.1. The molecule has 2 heterocycles. The molecule has 4 aromatic rings. The van der Waals surface area contributed by atoms with Crippen LogP contribution in [0, 0.1) is 6.92 Å². The Labute approximate surface area is 212 Å². The minimum atomic E-state index is -0.234. The van der Waals surface area contributed by atoms with Crippen molar-refractivity contribution in [1.29, 1.82) is 0 Å². The average Bonchev–Trinajstić information content (AvgIpc) is 3.46. The molecule has 178 valence electrons. The summed E-state index contributed by atoms with van der Waals surface area (Å²) >= 11 is 7.44. The first-order chi connectivity index (χ1) is 17.1. The van der Waals surface area contributed by atoms with Gasteiger partial charge in [0.1, 0.15) is 24.7 Å². The molecule has 0 bridgehead atoms. The second-order valence-electron chi connectivity index (χ2n) is 8.03. The Hall–Kier alpha value is -3.49. The normalized spacial score (nSPS) is 14.3. The number of rotatable bonds is 8. The highest BCUT2D eigenvalue weighted by atomic mass is 35.5. The van der Waals surface area contributed by atoms with E-state index < -0.39 is 0 Å². The summed E-state index contributed by atoms with van der Waals surface area (Å²) in [5, 5.41) is 13.0. The Bertz CT molecular complexity index is 1350. The Morgan fingerprint density at radius 3 is 2.77 bits per heavy atom. The molecule has 0 spiro atoms. The van der Waals surface area contributed by atoms with Crippen LogP contribution in [0.15, 0.2) is 78.0 Å². The minimum Gasteiger partial charge on any atom is -0.491 e. The van der Waals surface area contributed by atoms with Gasteiger partial charge < -0.3 is 14.8 Å². The molecule has 0 aliphatic carbocycles. The summed E-state index contributed by atoms with van der Waals surface area (Å²) < 4.78 is 13.6. The Morgan fingerprint density at radius 2 is 1.94 bits per heavy atom. The van der Waals surface area contributed by atoms with Crippen molar-refractivity contribution in [3.05, 3.63) is 94.8 Å². The Morgan fingerprint density at radius 1 is 1.14 bits per heavy atom. The van der Waals surface area contributed by atoms with Crippen LogP contribution >= 0.6 is 23.4 Å². The van der Waals surface area contributed by atoms with Gasteiger partial charge in [-0.05, 0) is 48.9 Å². The predicted molar refractivity (Wildman–Crippen MR) is 135 cm³/mol. The van der Waals surface area contributed by atoms with Gasteiger partial charge in [0.05, 0.1) is 11.8 Å². The lowest BCUT2D eigenvalue weighted by Crippen LogP contribution is -2.30. The van der Waals surface area contributed by atoms with E-state index in [4.69, 9.17) is 21.1 Å². The lowest BCUT2D eigenvalue weighted by Gasteiger charge is -2.13. The van der Waals surface area contributed by atoms with Gasteiger partial charge in [0.15, 0.2) is 11.0 Å². The van der Waals surface area contributed by atoms with Gasteiger partial charge in [-0.2, -0.15) is 0 Å². The number of para-hydroxylation sites is 2. The summed E-state index contributed by atoms with van der Waals surface area (Å²) in [4.78, 5) is 12.8. The molecule has 1 atom stereocenters.